The summed E-state index contributed by atoms with van der Waals surface area (Å²) in [6.45, 7) is 7.95. The minimum atomic E-state index is -0.0898. The van der Waals surface area contributed by atoms with Crippen LogP contribution in [0.15, 0.2) is 53.3 Å². The summed E-state index contributed by atoms with van der Waals surface area (Å²) in [5.41, 5.74) is 3.27. The smallest absolute Gasteiger partial charge is 0.282 e. The van der Waals surface area contributed by atoms with Crippen LogP contribution in [0.1, 0.15) is 31.9 Å². The summed E-state index contributed by atoms with van der Waals surface area (Å²) in [4.78, 5) is 13.7. The Morgan fingerprint density at radius 3 is 2.40 bits per heavy atom. The second-order valence-corrected chi connectivity index (χ2v) is 7.65. The lowest BCUT2D eigenvalue weighted by Crippen LogP contribution is -3.07. The first-order valence-corrected chi connectivity index (χ1v) is 8.58. The summed E-state index contributed by atoms with van der Waals surface area (Å²) < 4.78 is 1.45. The van der Waals surface area contributed by atoms with Gasteiger partial charge in [-0.3, -0.25) is 4.79 Å². The largest absolute Gasteiger partial charge is 0.315 e. The molecule has 0 aliphatic heterocycles. The second kappa shape index (κ2) is 6.76. The van der Waals surface area contributed by atoms with Crippen LogP contribution >= 0.6 is 0 Å². The quantitative estimate of drug-likeness (QED) is 0.789. The number of fused-ring (bicyclic) bond motifs is 1. The van der Waals surface area contributed by atoms with Gasteiger partial charge >= 0.3 is 0 Å². The molecule has 130 valence electrons. The summed E-state index contributed by atoms with van der Waals surface area (Å²) in [6.07, 6.45) is 0. The maximum absolute atomic E-state index is 12.5. The van der Waals surface area contributed by atoms with Gasteiger partial charge in [0, 0.05) is 5.56 Å². The third-order valence-electron chi connectivity index (χ3n) is 4.37. The molecule has 2 aromatic carbocycles. The van der Waals surface area contributed by atoms with Crippen LogP contribution in [-0.2, 0) is 18.6 Å². The standard InChI is InChI=1S/C20H24N4O/c1-20(2,3)16-11-9-15(10-12-16)13-23(4)14-24-19(25)17-7-5-6-8-18(17)21-22-24/h5-12H,13-14H2,1-4H3/p+1. The molecule has 0 bridgehead atoms. The highest BCUT2D eigenvalue weighted by Crippen LogP contribution is 2.21. The van der Waals surface area contributed by atoms with E-state index in [1.165, 1.54) is 20.7 Å². The van der Waals surface area contributed by atoms with E-state index in [2.05, 4.69) is 62.4 Å². The molecule has 1 atom stereocenters. The van der Waals surface area contributed by atoms with Crippen LogP contribution in [0.3, 0.4) is 0 Å². The molecule has 25 heavy (non-hydrogen) atoms. The summed E-state index contributed by atoms with van der Waals surface area (Å²) in [5, 5.41) is 8.82. The van der Waals surface area contributed by atoms with Crippen molar-refractivity contribution in [2.45, 2.75) is 39.4 Å². The van der Waals surface area contributed by atoms with E-state index < -0.39 is 0 Å². The summed E-state index contributed by atoms with van der Waals surface area (Å²) in [7, 11) is 2.06. The van der Waals surface area contributed by atoms with Crippen molar-refractivity contribution in [3.05, 3.63) is 70.0 Å². The molecule has 0 saturated heterocycles. The van der Waals surface area contributed by atoms with E-state index >= 15 is 0 Å². The Balaban J connectivity index is 1.73. The number of nitrogens with zero attached hydrogens (tertiary/aromatic N) is 3. The highest BCUT2D eigenvalue weighted by atomic mass is 16.1. The molecule has 1 aromatic heterocycles. The van der Waals surface area contributed by atoms with Crippen molar-refractivity contribution in [1.82, 2.24) is 15.0 Å². The molecular formula is C20H25N4O+. The first kappa shape index (κ1) is 17.3. The summed E-state index contributed by atoms with van der Waals surface area (Å²) in [6, 6.07) is 16.0. The molecule has 1 heterocycles. The van der Waals surface area contributed by atoms with Gasteiger partial charge in [-0.1, -0.05) is 62.4 Å². The monoisotopic (exact) mass is 337 g/mol. The van der Waals surface area contributed by atoms with Crippen molar-refractivity contribution in [1.29, 1.82) is 0 Å². The Morgan fingerprint density at radius 1 is 1.04 bits per heavy atom. The van der Waals surface area contributed by atoms with Crippen molar-refractivity contribution < 1.29 is 4.90 Å². The predicted octanol–water partition coefficient (Wildman–Crippen LogP) is 1.76. The molecule has 5 nitrogen and oxygen atoms in total. The van der Waals surface area contributed by atoms with E-state index in [0.29, 0.717) is 17.6 Å². The molecular weight excluding hydrogens is 312 g/mol. The highest BCUT2D eigenvalue weighted by molar-refractivity contribution is 5.76. The van der Waals surface area contributed by atoms with Crippen LogP contribution in [0.2, 0.25) is 0 Å². The number of rotatable bonds is 4. The van der Waals surface area contributed by atoms with Gasteiger partial charge in [0.15, 0.2) is 6.67 Å². The van der Waals surface area contributed by atoms with Gasteiger partial charge in [0.2, 0.25) is 0 Å². The van der Waals surface area contributed by atoms with Gasteiger partial charge < -0.3 is 4.90 Å². The topological polar surface area (TPSA) is 52.2 Å². The lowest BCUT2D eigenvalue weighted by Gasteiger charge is -2.20. The fraction of sp³-hybridized carbons (Fsp3) is 0.350. The number of nitrogens with one attached hydrogen (secondary N) is 1. The van der Waals surface area contributed by atoms with Crippen LogP contribution in [0.4, 0.5) is 0 Å². The Bertz CT molecular complexity index is 923. The third kappa shape index (κ3) is 3.94. The molecule has 0 radical (unpaired) electrons. The van der Waals surface area contributed by atoms with Gasteiger partial charge in [0.25, 0.3) is 5.56 Å². The Hall–Kier alpha value is -2.53. The zero-order valence-corrected chi connectivity index (χ0v) is 15.3. The molecule has 0 spiro atoms. The van der Waals surface area contributed by atoms with Gasteiger partial charge in [-0.05, 0) is 23.1 Å². The highest BCUT2D eigenvalue weighted by Gasteiger charge is 2.14. The second-order valence-electron chi connectivity index (χ2n) is 7.65. The van der Waals surface area contributed by atoms with Crippen molar-refractivity contribution in [3.8, 4) is 0 Å². The molecule has 1 unspecified atom stereocenters. The van der Waals surface area contributed by atoms with Crippen LogP contribution in [0.25, 0.3) is 10.9 Å². The Kier molecular flexibility index (Phi) is 4.68. The van der Waals surface area contributed by atoms with Gasteiger partial charge in [-0.25, -0.2) is 0 Å². The van der Waals surface area contributed by atoms with Gasteiger partial charge in [0.05, 0.1) is 12.4 Å². The average Bonchev–Trinajstić information content (AvgIpc) is 2.57. The molecule has 0 fully saturated rings. The number of aromatic nitrogens is 3. The number of quaternary nitrogens is 1. The lowest BCUT2D eigenvalue weighted by molar-refractivity contribution is -0.917. The fourth-order valence-corrected chi connectivity index (χ4v) is 2.91. The number of benzene rings is 2. The van der Waals surface area contributed by atoms with Gasteiger partial charge in [-0.2, -0.15) is 4.68 Å². The average molecular weight is 337 g/mol. The number of hydrogen-bond donors (Lipinski definition) is 1. The first-order valence-electron chi connectivity index (χ1n) is 8.58. The number of hydrogen-bond acceptors (Lipinski definition) is 3. The zero-order chi connectivity index (χ0) is 18.0. The van der Waals surface area contributed by atoms with Crippen molar-refractivity contribution in [2.24, 2.45) is 0 Å². The fourth-order valence-electron chi connectivity index (χ4n) is 2.91. The van der Waals surface area contributed by atoms with Crippen LogP contribution in [0, 0.1) is 0 Å². The van der Waals surface area contributed by atoms with E-state index in [1.54, 1.807) is 12.1 Å². The Labute approximate surface area is 147 Å². The van der Waals surface area contributed by atoms with Gasteiger partial charge in [0.1, 0.15) is 12.1 Å². The van der Waals surface area contributed by atoms with Crippen molar-refractivity contribution in [3.63, 3.8) is 0 Å². The maximum Gasteiger partial charge on any atom is 0.282 e. The van der Waals surface area contributed by atoms with E-state index in [4.69, 9.17) is 0 Å². The Morgan fingerprint density at radius 2 is 1.72 bits per heavy atom. The van der Waals surface area contributed by atoms with Crippen molar-refractivity contribution >= 4 is 10.9 Å². The SMILES string of the molecule is C[NH+](Cc1ccc(C(C)(C)C)cc1)Cn1nnc2ccccc2c1=O. The van der Waals surface area contributed by atoms with Gasteiger partial charge in [-0.15, -0.1) is 5.10 Å². The maximum atomic E-state index is 12.5. The molecule has 1 N–H and O–H groups in total. The summed E-state index contributed by atoms with van der Waals surface area (Å²) >= 11 is 0. The minimum Gasteiger partial charge on any atom is -0.315 e. The summed E-state index contributed by atoms with van der Waals surface area (Å²) in [5.74, 6) is 0. The van der Waals surface area contributed by atoms with Crippen LogP contribution in [0.5, 0.6) is 0 Å². The lowest BCUT2D eigenvalue weighted by atomic mass is 9.87. The molecule has 0 aliphatic rings. The van der Waals surface area contributed by atoms with E-state index in [-0.39, 0.29) is 11.0 Å². The van der Waals surface area contributed by atoms with Crippen LogP contribution in [-0.4, -0.2) is 22.0 Å². The van der Waals surface area contributed by atoms with E-state index in [0.717, 1.165) is 6.54 Å². The molecule has 5 heteroatoms. The molecule has 0 aliphatic carbocycles. The first-order chi connectivity index (χ1) is 11.8. The third-order valence-corrected chi connectivity index (χ3v) is 4.37. The van der Waals surface area contributed by atoms with E-state index in [1.807, 2.05) is 12.1 Å². The zero-order valence-electron chi connectivity index (χ0n) is 15.3. The van der Waals surface area contributed by atoms with E-state index in [9.17, 15) is 4.79 Å². The molecule has 3 rings (SSSR count). The normalized spacial score (nSPS) is 13.1. The minimum absolute atomic E-state index is 0.0898. The molecule has 0 saturated carbocycles. The molecule has 0 amide bonds. The van der Waals surface area contributed by atoms with Crippen LogP contribution < -0.4 is 10.5 Å². The molecule has 3 aromatic rings. The predicted molar refractivity (Wildman–Crippen MR) is 99.5 cm³/mol. The van der Waals surface area contributed by atoms with Crippen molar-refractivity contribution in [2.75, 3.05) is 7.05 Å².